The van der Waals surface area contributed by atoms with E-state index in [-0.39, 0.29) is 23.1 Å². The van der Waals surface area contributed by atoms with E-state index in [2.05, 4.69) is 241 Å². The third-order valence-electron chi connectivity index (χ3n) is 18.1. The highest BCUT2D eigenvalue weighted by molar-refractivity contribution is 6.22. The van der Waals surface area contributed by atoms with Crippen LogP contribution >= 0.6 is 0 Å². The highest BCUT2D eigenvalue weighted by atomic mass is 16.3. The van der Waals surface area contributed by atoms with Crippen LogP contribution in [0.25, 0.3) is 164 Å². The fraction of sp³-hybridized carbons (Fsp3) is 0.0488. The van der Waals surface area contributed by atoms with Crippen molar-refractivity contribution < 1.29 is 15.8 Å². The van der Waals surface area contributed by atoms with E-state index >= 15 is 0 Å². The number of nitrogens with zero attached hydrogens (tertiary/aromatic N) is 5. The highest BCUT2D eigenvalue weighted by Crippen LogP contribution is 2.41. The first-order valence-corrected chi connectivity index (χ1v) is 29.8. The minimum Gasteiger partial charge on any atom is -0.457 e. The molecule has 0 saturated carbocycles. The normalized spacial score (nSPS) is 13.1. The summed E-state index contributed by atoms with van der Waals surface area (Å²) in [5, 5.41) is 16.0. The largest absolute Gasteiger partial charge is 0.457 e. The van der Waals surface area contributed by atoms with E-state index in [4.69, 9.17) is 13.5 Å². The molecule has 3 aliphatic rings. The number of aromatic nitrogens is 5. The van der Waals surface area contributed by atoms with Crippen LogP contribution in [0.4, 0.5) is 0 Å². The van der Waals surface area contributed by atoms with Crippen molar-refractivity contribution in [1.29, 1.82) is 0 Å². The summed E-state index contributed by atoms with van der Waals surface area (Å²) >= 11 is 0. The van der Waals surface area contributed by atoms with Crippen molar-refractivity contribution in [3.63, 3.8) is 0 Å². The zero-order valence-corrected chi connectivity index (χ0v) is 48.3. The molecule has 0 atom stereocenters. The molecule has 0 radical (unpaired) electrons. The molecule has 0 unspecified atom stereocenters. The lowest BCUT2D eigenvalue weighted by atomic mass is 9.88. The van der Waals surface area contributed by atoms with Crippen molar-refractivity contribution >= 4 is 141 Å². The van der Waals surface area contributed by atoms with Gasteiger partial charge in [-0.05, 0) is 160 Å². The molecule has 88 heavy (non-hydrogen) atoms. The molecule has 16 aromatic rings. The van der Waals surface area contributed by atoms with E-state index < -0.39 is 18.1 Å². The first-order chi connectivity index (χ1) is 45.3. The Morgan fingerprint density at radius 3 is 1.80 bits per heavy atom. The monoisotopic (exact) mass is 1130 g/mol. The summed E-state index contributed by atoms with van der Waals surface area (Å²) < 4.78 is 61.9. The van der Waals surface area contributed by atoms with Gasteiger partial charge in [-0.1, -0.05) is 209 Å². The van der Waals surface area contributed by atoms with Crippen molar-refractivity contribution in [2.45, 2.75) is 26.2 Å². The molecule has 0 amide bonds. The standard InChI is InChI=1S/C82H55N5O/c1-82(2,3)55-40-41-83-79(46-55)87-74-37-16-14-33-67(74)70-48-71-61-27-8-7-26-59(61)53-38-39-75-69(43-53)66-32-13-15-36-73(66)86(75)57-24-17-22-52(42-57)60-34-19-35-68-64-30-11-9-28-62(64)63-29-10-12-31-65(63)72-44-54(51-20-5-4-6-21-51)45-77-81(72)85(80(60)68)50-84(77)56-23-18-25-58(47-56)88-78(71)49-76(70)87/h4-49H,1-3H3/i4D,5D,6D,20D,21D. The van der Waals surface area contributed by atoms with Gasteiger partial charge in [0.05, 0.1) is 51.2 Å². The smallest absolute Gasteiger partial charge is 0.269 e. The van der Waals surface area contributed by atoms with Crippen LogP contribution in [0.5, 0.6) is 0 Å². The van der Waals surface area contributed by atoms with E-state index in [0.717, 1.165) is 131 Å². The SMILES string of the molecule is [2H]c1c([2H])c([2H])c(-c2cc3c4ccccc4c4ccccc4c4cccc5c4-[n+]4[c-]n(c6cccc(c6)oc6cc7c(cc6c6ccccc6c6ccc8c(c6)c6ccccc6n8c6cccc5c6)c5ccccc5n7-c5cc(C(C)(C)C)ccn5)c(c2)c34)c([2H])c1[2H]. The van der Waals surface area contributed by atoms with Crippen LogP contribution in [0.3, 0.4) is 0 Å². The van der Waals surface area contributed by atoms with Gasteiger partial charge in [0, 0.05) is 44.7 Å². The number of hydrogen-bond acceptors (Lipinski definition) is 2. The molecule has 12 aromatic carbocycles. The Morgan fingerprint density at radius 1 is 0.420 bits per heavy atom. The van der Waals surface area contributed by atoms with E-state index in [1.807, 2.05) is 53.1 Å². The minimum absolute atomic E-state index is 0.0985. The van der Waals surface area contributed by atoms with Crippen molar-refractivity contribution in [2.75, 3.05) is 0 Å². The van der Waals surface area contributed by atoms with Gasteiger partial charge in [0.2, 0.25) is 0 Å². The van der Waals surface area contributed by atoms with Crippen LogP contribution in [0.15, 0.2) is 283 Å². The van der Waals surface area contributed by atoms with Gasteiger partial charge >= 0.3 is 0 Å². The minimum atomic E-state index is -0.453. The molecule has 19 rings (SSSR count). The highest BCUT2D eigenvalue weighted by Gasteiger charge is 2.23. The predicted molar refractivity (Wildman–Crippen MR) is 368 cm³/mol. The quantitative estimate of drug-likeness (QED) is 0.128. The lowest BCUT2D eigenvalue weighted by Crippen LogP contribution is -2.30. The Kier molecular flexibility index (Phi) is 9.78. The number of benzene rings is 12. The Morgan fingerprint density at radius 2 is 1.02 bits per heavy atom. The Hall–Kier alpha value is -11.3. The average Bonchev–Trinajstić information content (AvgIpc) is 1.62. The number of para-hydroxylation sites is 3. The number of fused-ring (bicyclic) bond motifs is 10. The lowest BCUT2D eigenvalue weighted by Gasteiger charge is -2.20. The summed E-state index contributed by atoms with van der Waals surface area (Å²) in [5.74, 6) is 0.804. The molecular formula is C82H55N5O. The van der Waals surface area contributed by atoms with Gasteiger partial charge in [-0.3, -0.25) is 13.5 Å². The summed E-state index contributed by atoms with van der Waals surface area (Å²) in [6.45, 7) is 6.68. The molecule has 0 fully saturated rings. The molecular weight excluding hydrogens is 1070 g/mol. The van der Waals surface area contributed by atoms with Gasteiger partial charge in [-0.15, -0.1) is 0 Å². The van der Waals surface area contributed by atoms with Gasteiger partial charge in [-0.2, -0.15) is 0 Å². The van der Waals surface area contributed by atoms with E-state index in [1.165, 1.54) is 5.56 Å². The first-order valence-electron chi connectivity index (χ1n) is 32.3. The zero-order chi connectivity index (χ0) is 62.7. The molecule has 10 bridgehead atoms. The summed E-state index contributed by atoms with van der Waals surface area (Å²) in [7, 11) is 0. The molecule has 0 N–H and O–H groups in total. The van der Waals surface area contributed by atoms with Crippen molar-refractivity contribution in [1.82, 2.24) is 18.4 Å². The van der Waals surface area contributed by atoms with Crippen LogP contribution < -0.4 is 4.57 Å². The maximum absolute atomic E-state index is 9.46. The van der Waals surface area contributed by atoms with E-state index in [0.29, 0.717) is 27.8 Å². The molecule has 0 aliphatic carbocycles. The molecule has 6 nitrogen and oxygen atoms in total. The Labute approximate surface area is 512 Å². The summed E-state index contributed by atoms with van der Waals surface area (Å²) in [5.41, 5.74) is 10.9. The second-order valence-electron chi connectivity index (χ2n) is 24.1. The Balaban J connectivity index is 1.10. The average molecular weight is 1130 g/mol. The van der Waals surface area contributed by atoms with Crippen LogP contribution in [0, 0.1) is 6.33 Å². The number of pyridine rings is 1. The summed E-state index contributed by atoms with van der Waals surface area (Å²) in [6.07, 6.45) is 5.89. The maximum atomic E-state index is 9.46. The van der Waals surface area contributed by atoms with Crippen LogP contribution in [0.1, 0.15) is 33.2 Å². The third kappa shape index (κ3) is 7.61. The van der Waals surface area contributed by atoms with Crippen LogP contribution in [0.2, 0.25) is 0 Å². The number of rotatable bonds is 2. The number of imidazole rings is 1. The topological polar surface area (TPSA) is 43.7 Å². The summed E-state index contributed by atoms with van der Waals surface area (Å²) in [6, 6.07) is 83.9. The second kappa shape index (κ2) is 19.1. The molecule has 0 spiro atoms. The predicted octanol–water partition coefficient (Wildman–Crippen LogP) is 21.1. The lowest BCUT2D eigenvalue weighted by molar-refractivity contribution is -0.568. The number of hydrogen-bond donors (Lipinski definition) is 0. The Bertz CT molecular complexity index is 6480. The van der Waals surface area contributed by atoms with Gasteiger partial charge in [0.25, 0.3) is 6.33 Å². The van der Waals surface area contributed by atoms with Crippen molar-refractivity contribution in [3.05, 3.63) is 291 Å². The molecule has 6 heteroatoms. The molecule has 3 aliphatic heterocycles. The van der Waals surface area contributed by atoms with Crippen LogP contribution in [-0.2, 0) is 5.41 Å². The van der Waals surface area contributed by atoms with Crippen LogP contribution in [-0.4, -0.2) is 18.4 Å². The van der Waals surface area contributed by atoms with Gasteiger partial charge < -0.3 is 8.82 Å². The molecule has 0 saturated heterocycles. The van der Waals surface area contributed by atoms with E-state index in [9.17, 15) is 2.74 Å². The summed E-state index contributed by atoms with van der Waals surface area (Å²) in [4.78, 5) is 5.07. The van der Waals surface area contributed by atoms with Gasteiger partial charge in [0.15, 0.2) is 0 Å². The third-order valence-corrected chi connectivity index (χ3v) is 18.1. The molecule has 7 heterocycles. The second-order valence-corrected chi connectivity index (χ2v) is 24.1. The van der Waals surface area contributed by atoms with E-state index in [1.54, 1.807) is 0 Å². The van der Waals surface area contributed by atoms with Gasteiger partial charge in [-0.25, -0.2) is 4.98 Å². The fourth-order valence-electron chi connectivity index (χ4n) is 14.0. The maximum Gasteiger partial charge on any atom is 0.269 e. The van der Waals surface area contributed by atoms with Crippen molar-refractivity contribution in [3.8, 4) is 22.6 Å². The molecule has 414 valence electrons. The van der Waals surface area contributed by atoms with Gasteiger partial charge in [0.1, 0.15) is 17.0 Å². The first kappa shape index (κ1) is 45.1. The fourth-order valence-corrected chi connectivity index (χ4v) is 14.0. The molecule has 4 aromatic heterocycles. The van der Waals surface area contributed by atoms with Crippen molar-refractivity contribution in [2.24, 2.45) is 0 Å². The zero-order valence-electron chi connectivity index (χ0n) is 53.3.